The van der Waals surface area contributed by atoms with E-state index in [0.29, 0.717) is 6.42 Å². The van der Waals surface area contributed by atoms with Crippen molar-refractivity contribution < 1.29 is 37.6 Å². The molecule has 0 aliphatic heterocycles. The average molecular weight is 798 g/mol. The van der Waals surface area contributed by atoms with Crippen molar-refractivity contribution >= 4 is 19.8 Å². The van der Waals surface area contributed by atoms with Gasteiger partial charge in [-0.05, 0) is 70.6 Å². The van der Waals surface area contributed by atoms with Crippen LogP contribution in [0.4, 0.5) is 0 Å². The van der Waals surface area contributed by atoms with Crippen LogP contribution in [0, 0.1) is 0 Å². The van der Waals surface area contributed by atoms with Gasteiger partial charge in [-0.15, -0.1) is 0 Å². The molecule has 0 bridgehead atoms. The molecule has 0 aromatic carbocycles. The maximum atomic E-state index is 12.6. The van der Waals surface area contributed by atoms with Gasteiger partial charge in [-0.1, -0.05) is 159 Å². The number of carbonyl (C=O) groups is 2. The van der Waals surface area contributed by atoms with E-state index in [-0.39, 0.29) is 38.6 Å². The van der Waals surface area contributed by atoms with Crippen LogP contribution in [-0.4, -0.2) is 49.3 Å². The number of allylic oxidation sites excluding steroid dienone is 6. The first kappa shape index (κ1) is 53.2. The maximum absolute atomic E-state index is 12.6. The normalized spacial score (nSPS) is 13.6. The molecule has 322 valence electrons. The summed E-state index contributed by atoms with van der Waals surface area (Å²) in [5.74, 6) is -0.839. The van der Waals surface area contributed by atoms with Gasteiger partial charge >= 0.3 is 19.8 Å². The minimum absolute atomic E-state index is 0.0514. The van der Waals surface area contributed by atoms with Gasteiger partial charge in [0.1, 0.15) is 6.61 Å². The van der Waals surface area contributed by atoms with E-state index in [9.17, 15) is 19.0 Å². The standard InChI is InChI=1S/C45H84NO8P/c1-3-5-7-9-11-13-15-17-19-21-23-25-27-29-31-33-35-37-44(47)51-41-43(42-53-55(49,50)52-40-39-46)54-45(48)38-36-34-32-30-28-26-24-22-20-18-16-14-12-10-8-6-4-2/h11,13,17-20,43H,3-10,12,14-16,21-42,46H2,1-2H3,(H,49,50). The molecule has 0 aromatic heterocycles. The van der Waals surface area contributed by atoms with Gasteiger partial charge < -0.3 is 20.1 Å². The Kier molecular flexibility index (Phi) is 40.5. The number of rotatable bonds is 42. The smallest absolute Gasteiger partial charge is 0.462 e. The van der Waals surface area contributed by atoms with E-state index in [1.807, 2.05) is 0 Å². The minimum Gasteiger partial charge on any atom is -0.462 e. The molecule has 10 heteroatoms. The summed E-state index contributed by atoms with van der Waals surface area (Å²) in [5.41, 5.74) is 5.35. The Bertz CT molecular complexity index is 1000. The molecule has 0 fully saturated rings. The Morgan fingerprint density at radius 1 is 0.545 bits per heavy atom. The lowest BCUT2D eigenvalue weighted by Gasteiger charge is -2.19. The number of phosphoric acid groups is 1. The van der Waals surface area contributed by atoms with E-state index in [4.69, 9.17) is 24.3 Å². The molecule has 0 aromatic rings. The van der Waals surface area contributed by atoms with Gasteiger partial charge in [0.2, 0.25) is 0 Å². The number of phosphoric ester groups is 1. The van der Waals surface area contributed by atoms with Crippen LogP contribution in [0.1, 0.15) is 206 Å². The number of hydrogen-bond donors (Lipinski definition) is 2. The van der Waals surface area contributed by atoms with Crippen LogP contribution < -0.4 is 5.73 Å². The van der Waals surface area contributed by atoms with Gasteiger partial charge in [-0.2, -0.15) is 0 Å². The number of unbranched alkanes of at least 4 members (excludes halogenated alkanes) is 23. The molecule has 0 saturated carbocycles. The second-order valence-corrected chi connectivity index (χ2v) is 16.4. The van der Waals surface area contributed by atoms with E-state index in [2.05, 4.69) is 50.3 Å². The van der Waals surface area contributed by atoms with E-state index < -0.39 is 26.5 Å². The maximum Gasteiger partial charge on any atom is 0.472 e. The first-order valence-corrected chi connectivity index (χ1v) is 24.0. The predicted octanol–water partition coefficient (Wildman–Crippen LogP) is 12.9. The summed E-state index contributed by atoms with van der Waals surface area (Å²) in [6, 6.07) is 0. The highest BCUT2D eigenvalue weighted by Gasteiger charge is 2.26. The van der Waals surface area contributed by atoms with Crippen molar-refractivity contribution in [2.24, 2.45) is 5.73 Å². The van der Waals surface area contributed by atoms with Crippen LogP contribution in [0.15, 0.2) is 36.5 Å². The van der Waals surface area contributed by atoms with Gasteiger partial charge in [0.15, 0.2) is 6.10 Å². The van der Waals surface area contributed by atoms with Gasteiger partial charge in [0.25, 0.3) is 0 Å². The Balaban J connectivity index is 4.14. The SMILES string of the molecule is CCCCCC=CCC=CCCCCCCCCCC(=O)OCC(COP(=O)(O)OCCN)OC(=O)CCCCCCCCCC=CCCCCCCCC. The van der Waals surface area contributed by atoms with Crippen LogP contribution >= 0.6 is 7.82 Å². The third-order valence-electron chi connectivity index (χ3n) is 9.50. The lowest BCUT2D eigenvalue weighted by molar-refractivity contribution is -0.161. The quantitative estimate of drug-likeness (QED) is 0.0268. The fraction of sp³-hybridized carbons (Fsp3) is 0.822. The highest BCUT2D eigenvalue weighted by Crippen LogP contribution is 2.43. The van der Waals surface area contributed by atoms with Gasteiger partial charge in [-0.25, -0.2) is 4.57 Å². The molecule has 0 rings (SSSR count). The van der Waals surface area contributed by atoms with Gasteiger partial charge in [0, 0.05) is 19.4 Å². The third kappa shape index (κ3) is 41.7. The number of esters is 2. The monoisotopic (exact) mass is 798 g/mol. The lowest BCUT2D eigenvalue weighted by Crippen LogP contribution is -2.29. The van der Waals surface area contributed by atoms with Crippen LogP contribution in [0.5, 0.6) is 0 Å². The summed E-state index contributed by atoms with van der Waals surface area (Å²) < 4.78 is 32.8. The van der Waals surface area contributed by atoms with Crippen LogP contribution in [0.2, 0.25) is 0 Å². The summed E-state index contributed by atoms with van der Waals surface area (Å²) in [5, 5.41) is 0. The summed E-state index contributed by atoms with van der Waals surface area (Å²) in [7, 11) is -4.38. The number of hydrogen-bond acceptors (Lipinski definition) is 8. The molecular weight excluding hydrogens is 713 g/mol. The van der Waals surface area contributed by atoms with E-state index in [1.165, 1.54) is 109 Å². The molecule has 0 aliphatic rings. The highest BCUT2D eigenvalue weighted by molar-refractivity contribution is 7.47. The Labute approximate surface area is 337 Å². The van der Waals surface area contributed by atoms with Crippen LogP contribution in [0.3, 0.4) is 0 Å². The molecule has 0 aliphatic carbocycles. The van der Waals surface area contributed by atoms with Gasteiger partial charge in [0.05, 0.1) is 13.2 Å². The Morgan fingerprint density at radius 2 is 0.945 bits per heavy atom. The largest absolute Gasteiger partial charge is 0.472 e. The molecular formula is C45H84NO8P. The fourth-order valence-corrected chi connectivity index (χ4v) is 6.89. The molecule has 0 radical (unpaired) electrons. The first-order valence-electron chi connectivity index (χ1n) is 22.5. The van der Waals surface area contributed by atoms with Crippen LogP contribution in [0.25, 0.3) is 0 Å². The second-order valence-electron chi connectivity index (χ2n) is 14.9. The predicted molar refractivity (Wildman–Crippen MR) is 229 cm³/mol. The summed E-state index contributed by atoms with van der Waals surface area (Å²) in [6.07, 6.45) is 45.9. The zero-order valence-corrected chi connectivity index (χ0v) is 36.3. The second kappa shape index (κ2) is 41.9. The number of carbonyl (C=O) groups excluding carboxylic acids is 2. The number of ether oxygens (including phenoxy) is 2. The Hall–Kier alpha value is -1.77. The molecule has 55 heavy (non-hydrogen) atoms. The van der Waals surface area contributed by atoms with E-state index in [0.717, 1.165) is 64.2 Å². The molecule has 2 unspecified atom stereocenters. The summed E-state index contributed by atoms with van der Waals surface area (Å²) >= 11 is 0. The summed E-state index contributed by atoms with van der Waals surface area (Å²) in [6.45, 7) is 3.70. The van der Waals surface area contributed by atoms with E-state index in [1.54, 1.807) is 0 Å². The molecule has 0 heterocycles. The van der Waals surface area contributed by atoms with Crippen molar-refractivity contribution in [2.75, 3.05) is 26.4 Å². The highest BCUT2D eigenvalue weighted by atomic mass is 31.2. The van der Waals surface area contributed by atoms with E-state index >= 15 is 0 Å². The third-order valence-corrected chi connectivity index (χ3v) is 10.5. The molecule has 0 saturated heterocycles. The van der Waals surface area contributed by atoms with Crippen molar-refractivity contribution in [3.05, 3.63) is 36.5 Å². The molecule has 2 atom stereocenters. The molecule has 3 N–H and O–H groups in total. The van der Waals surface area contributed by atoms with Crippen molar-refractivity contribution in [2.45, 2.75) is 213 Å². The van der Waals surface area contributed by atoms with Crippen molar-refractivity contribution in [3.63, 3.8) is 0 Å². The first-order chi connectivity index (χ1) is 26.8. The van der Waals surface area contributed by atoms with Crippen molar-refractivity contribution in [1.82, 2.24) is 0 Å². The van der Waals surface area contributed by atoms with Crippen LogP contribution in [-0.2, 0) is 32.7 Å². The lowest BCUT2D eigenvalue weighted by atomic mass is 10.1. The topological polar surface area (TPSA) is 134 Å². The van der Waals surface area contributed by atoms with Crippen molar-refractivity contribution in [3.8, 4) is 0 Å². The molecule has 0 amide bonds. The fourth-order valence-electron chi connectivity index (χ4n) is 6.13. The number of nitrogens with two attached hydrogens (primary N) is 1. The molecule has 0 spiro atoms. The average Bonchev–Trinajstić information content (AvgIpc) is 3.17. The zero-order valence-electron chi connectivity index (χ0n) is 35.4. The van der Waals surface area contributed by atoms with Crippen molar-refractivity contribution in [1.29, 1.82) is 0 Å². The van der Waals surface area contributed by atoms with Gasteiger partial charge in [-0.3, -0.25) is 18.6 Å². The molecule has 9 nitrogen and oxygen atoms in total. The zero-order chi connectivity index (χ0) is 40.3. The summed E-state index contributed by atoms with van der Waals surface area (Å²) in [4.78, 5) is 34.9. The minimum atomic E-state index is -4.38. The Morgan fingerprint density at radius 3 is 1.44 bits per heavy atom.